The smallest absolute Gasteiger partial charge is 0.262 e. The first-order chi connectivity index (χ1) is 10.2. The third-order valence-corrected chi connectivity index (χ3v) is 3.90. The molecule has 0 aliphatic heterocycles. The molecule has 1 amide bonds. The minimum atomic E-state index is -0.428. The van der Waals surface area contributed by atoms with E-state index in [-0.39, 0.29) is 11.1 Å². The summed E-state index contributed by atoms with van der Waals surface area (Å²) in [6, 6.07) is 3.73. The van der Waals surface area contributed by atoms with Crippen LogP contribution in [-0.2, 0) is 0 Å². The normalized spacial score (nSPS) is 17.7. The molecule has 7 nitrogen and oxygen atoms in total. The van der Waals surface area contributed by atoms with Gasteiger partial charge in [-0.05, 0) is 43.7 Å². The molecule has 2 N–H and O–H groups in total. The summed E-state index contributed by atoms with van der Waals surface area (Å²) in [5.41, 5.74) is 0.687. The summed E-state index contributed by atoms with van der Waals surface area (Å²) in [6.07, 6.45) is 5.80. The summed E-state index contributed by atoms with van der Waals surface area (Å²) in [5.74, 6) is 0.561. The van der Waals surface area contributed by atoms with E-state index in [1.54, 1.807) is 10.7 Å². The van der Waals surface area contributed by atoms with Crippen LogP contribution in [0.25, 0.3) is 0 Å². The number of pyridine rings is 1. The largest absolute Gasteiger partial charge is 0.325 e. The Balaban J connectivity index is 1.56. The monoisotopic (exact) mass is 285 g/mol. The van der Waals surface area contributed by atoms with Gasteiger partial charge < -0.3 is 10.3 Å². The predicted molar refractivity (Wildman–Crippen MR) is 75.3 cm³/mol. The third-order valence-electron chi connectivity index (χ3n) is 3.90. The first-order valence-electron chi connectivity index (χ1n) is 7.17. The van der Waals surface area contributed by atoms with Crippen molar-refractivity contribution in [1.29, 1.82) is 0 Å². The zero-order chi connectivity index (χ0) is 14.4. The maximum absolute atomic E-state index is 12.2. The second-order valence-corrected chi connectivity index (χ2v) is 5.68. The lowest BCUT2D eigenvalue weighted by Crippen LogP contribution is -2.24. The fraction of sp³-hybridized carbons (Fsp3) is 0.429. The maximum Gasteiger partial charge on any atom is 0.262 e. The highest BCUT2D eigenvalue weighted by atomic mass is 16.2. The highest BCUT2D eigenvalue weighted by molar-refractivity contribution is 6.03. The third kappa shape index (κ3) is 2.35. The van der Waals surface area contributed by atoms with E-state index in [9.17, 15) is 9.59 Å². The van der Waals surface area contributed by atoms with Crippen molar-refractivity contribution in [2.45, 2.75) is 37.6 Å². The van der Waals surface area contributed by atoms with Gasteiger partial charge in [-0.1, -0.05) is 5.21 Å². The summed E-state index contributed by atoms with van der Waals surface area (Å²) >= 11 is 0. The number of carbonyl (C=O) groups is 1. The van der Waals surface area contributed by atoms with E-state index < -0.39 is 5.91 Å². The Labute approximate surface area is 120 Å². The van der Waals surface area contributed by atoms with E-state index in [0.29, 0.717) is 17.8 Å². The van der Waals surface area contributed by atoms with Gasteiger partial charge in [0.05, 0.1) is 12.2 Å². The summed E-state index contributed by atoms with van der Waals surface area (Å²) in [4.78, 5) is 27.0. The van der Waals surface area contributed by atoms with Crippen LogP contribution in [0.3, 0.4) is 0 Å². The Hall–Kier alpha value is -2.44. The van der Waals surface area contributed by atoms with Crippen LogP contribution < -0.4 is 10.9 Å². The van der Waals surface area contributed by atoms with Crippen LogP contribution in [0, 0.1) is 0 Å². The van der Waals surface area contributed by atoms with Crippen molar-refractivity contribution in [3.8, 4) is 0 Å². The van der Waals surface area contributed by atoms with Gasteiger partial charge in [-0.2, -0.15) is 0 Å². The average molecular weight is 285 g/mol. The standard InChI is InChI=1S/C14H15N5O2/c20-13-10(5-6-11(16-13)8-1-2-8)14(21)17-12-7-15-18-19(12)9-3-4-9/h5-9H,1-4H2,(H,16,20)(H,17,21). The maximum atomic E-state index is 12.2. The lowest BCUT2D eigenvalue weighted by molar-refractivity contribution is 0.102. The Kier molecular flexibility index (Phi) is 2.66. The molecule has 2 aliphatic carbocycles. The van der Waals surface area contributed by atoms with E-state index in [1.807, 2.05) is 6.07 Å². The number of H-pyrrole nitrogens is 1. The summed E-state index contributed by atoms with van der Waals surface area (Å²) in [7, 11) is 0. The molecule has 4 rings (SSSR count). The number of aromatic nitrogens is 4. The Morgan fingerprint density at radius 2 is 2.10 bits per heavy atom. The van der Waals surface area contributed by atoms with Gasteiger partial charge in [0.1, 0.15) is 5.56 Å². The van der Waals surface area contributed by atoms with Gasteiger partial charge in [-0.3, -0.25) is 9.59 Å². The molecule has 108 valence electrons. The molecule has 2 aromatic heterocycles. The first-order valence-corrected chi connectivity index (χ1v) is 7.17. The first kappa shape index (κ1) is 12.3. The van der Waals surface area contributed by atoms with Crippen molar-refractivity contribution in [3.05, 3.63) is 39.9 Å². The second-order valence-electron chi connectivity index (χ2n) is 5.68. The number of hydrogen-bond donors (Lipinski definition) is 2. The van der Waals surface area contributed by atoms with Crippen LogP contribution in [0.15, 0.2) is 23.1 Å². The molecule has 2 aliphatic rings. The van der Waals surface area contributed by atoms with E-state index in [1.165, 1.54) is 6.20 Å². The van der Waals surface area contributed by atoms with Crippen molar-refractivity contribution in [2.75, 3.05) is 5.32 Å². The quantitative estimate of drug-likeness (QED) is 0.888. The number of aromatic amines is 1. The molecule has 21 heavy (non-hydrogen) atoms. The van der Waals surface area contributed by atoms with Gasteiger partial charge in [0.25, 0.3) is 11.5 Å². The van der Waals surface area contributed by atoms with Crippen LogP contribution in [-0.4, -0.2) is 25.9 Å². The molecule has 0 bridgehead atoms. The number of hydrogen-bond acceptors (Lipinski definition) is 4. The van der Waals surface area contributed by atoms with Crippen molar-refractivity contribution >= 4 is 11.7 Å². The van der Waals surface area contributed by atoms with Crippen LogP contribution >= 0.6 is 0 Å². The fourth-order valence-electron chi connectivity index (χ4n) is 2.41. The van der Waals surface area contributed by atoms with E-state index in [2.05, 4.69) is 20.6 Å². The molecule has 0 unspecified atom stereocenters. The van der Waals surface area contributed by atoms with E-state index in [0.717, 1.165) is 31.4 Å². The lowest BCUT2D eigenvalue weighted by atomic mass is 10.2. The highest BCUT2D eigenvalue weighted by Gasteiger charge is 2.28. The van der Waals surface area contributed by atoms with Gasteiger partial charge in [0.2, 0.25) is 0 Å². The van der Waals surface area contributed by atoms with Crippen LogP contribution in [0.1, 0.15) is 53.7 Å². The highest BCUT2D eigenvalue weighted by Crippen LogP contribution is 2.38. The average Bonchev–Trinajstić information content (AvgIpc) is 3.38. The molecule has 0 atom stereocenters. The lowest BCUT2D eigenvalue weighted by Gasteiger charge is -2.06. The van der Waals surface area contributed by atoms with E-state index in [4.69, 9.17) is 0 Å². The van der Waals surface area contributed by atoms with Crippen molar-refractivity contribution < 1.29 is 4.79 Å². The zero-order valence-corrected chi connectivity index (χ0v) is 11.4. The number of amides is 1. The van der Waals surface area contributed by atoms with E-state index >= 15 is 0 Å². The summed E-state index contributed by atoms with van der Waals surface area (Å²) in [5, 5.41) is 10.5. The number of nitrogens with zero attached hydrogens (tertiary/aromatic N) is 3. The second kappa shape index (κ2) is 4.54. The topological polar surface area (TPSA) is 92.7 Å². The van der Waals surface area contributed by atoms with Crippen molar-refractivity contribution in [2.24, 2.45) is 0 Å². The van der Waals surface area contributed by atoms with Crippen LogP contribution in [0.4, 0.5) is 5.82 Å². The zero-order valence-electron chi connectivity index (χ0n) is 11.4. The summed E-state index contributed by atoms with van der Waals surface area (Å²) in [6.45, 7) is 0. The molecule has 2 fully saturated rings. The Morgan fingerprint density at radius 1 is 1.29 bits per heavy atom. The molecule has 2 saturated carbocycles. The number of anilines is 1. The van der Waals surface area contributed by atoms with Gasteiger partial charge in [-0.15, -0.1) is 5.10 Å². The Morgan fingerprint density at radius 3 is 2.76 bits per heavy atom. The molecule has 0 spiro atoms. The van der Waals surface area contributed by atoms with Crippen molar-refractivity contribution in [1.82, 2.24) is 20.0 Å². The predicted octanol–water partition coefficient (Wildman–Crippen LogP) is 1.43. The SMILES string of the molecule is O=C(Nc1cnnn1C1CC1)c1ccc(C2CC2)[nH]c1=O. The van der Waals surface area contributed by atoms with Gasteiger partial charge >= 0.3 is 0 Å². The molecule has 0 aromatic carbocycles. The minimum absolute atomic E-state index is 0.114. The Bertz CT molecular complexity index is 755. The van der Waals surface area contributed by atoms with Gasteiger partial charge in [0.15, 0.2) is 5.82 Å². The molecule has 0 radical (unpaired) electrons. The van der Waals surface area contributed by atoms with Crippen LogP contribution in [0.2, 0.25) is 0 Å². The number of rotatable bonds is 4. The summed E-state index contributed by atoms with van der Waals surface area (Å²) < 4.78 is 1.70. The van der Waals surface area contributed by atoms with Crippen LogP contribution in [0.5, 0.6) is 0 Å². The molecule has 2 heterocycles. The molecule has 0 saturated heterocycles. The van der Waals surface area contributed by atoms with Crippen molar-refractivity contribution in [3.63, 3.8) is 0 Å². The molecular formula is C14H15N5O2. The van der Waals surface area contributed by atoms with Gasteiger partial charge in [0, 0.05) is 5.69 Å². The molecule has 2 aromatic rings. The fourth-order valence-corrected chi connectivity index (χ4v) is 2.41. The molecule has 7 heteroatoms. The minimum Gasteiger partial charge on any atom is -0.325 e. The number of nitrogens with one attached hydrogen (secondary N) is 2. The van der Waals surface area contributed by atoms with Gasteiger partial charge in [-0.25, -0.2) is 4.68 Å². The number of carbonyl (C=O) groups excluding carboxylic acids is 1. The molecular weight excluding hydrogens is 270 g/mol.